The van der Waals surface area contributed by atoms with E-state index in [4.69, 9.17) is 11.5 Å². The summed E-state index contributed by atoms with van der Waals surface area (Å²) < 4.78 is 0. The first-order valence-corrected chi connectivity index (χ1v) is 12.5. The van der Waals surface area contributed by atoms with Gasteiger partial charge in [-0.25, -0.2) is 9.79 Å². The molecule has 214 valence electrons. The van der Waals surface area contributed by atoms with Gasteiger partial charge in [-0.1, -0.05) is 42.5 Å². The maximum atomic E-state index is 12.8. The molecule has 0 radical (unpaired) electrons. The molecule has 0 fully saturated rings. The molecule has 3 aromatic rings. The predicted molar refractivity (Wildman–Crippen MR) is 150 cm³/mol. The maximum absolute atomic E-state index is 12.8. The van der Waals surface area contributed by atoms with Gasteiger partial charge in [-0.05, 0) is 40.6 Å². The number of amides is 3. The molecule has 0 aliphatic heterocycles. The minimum Gasteiger partial charge on any atom is -0.481 e. The van der Waals surface area contributed by atoms with Gasteiger partial charge in [0.05, 0.1) is 12.1 Å². The number of rotatable bonds is 13. The molecule has 13 nitrogen and oxygen atoms in total. The number of nitrogens with two attached hydrogens (primary N) is 2. The van der Waals surface area contributed by atoms with Crippen LogP contribution in [0.25, 0.3) is 10.8 Å². The Morgan fingerprint density at radius 2 is 1.51 bits per heavy atom. The summed E-state index contributed by atoms with van der Waals surface area (Å²) in [4.78, 5) is 64.7. The number of carbonyl (C=O) groups is 5. The van der Waals surface area contributed by atoms with Crippen LogP contribution in [0.2, 0.25) is 0 Å². The van der Waals surface area contributed by atoms with Gasteiger partial charge in [-0.3, -0.25) is 19.2 Å². The van der Waals surface area contributed by atoms with Crippen molar-refractivity contribution in [3.63, 3.8) is 0 Å². The topological polar surface area (TPSA) is 226 Å². The second kappa shape index (κ2) is 14.1. The Balaban J connectivity index is 1.56. The van der Waals surface area contributed by atoms with E-state index in [0.29, 0.717) is 11.3 Å². The molecule has 9 N–H and O–H groups in total. The van der Waals surface area contributed by atoms with Gasteiger partial charge in [0.25, 0.3) is 5.91 Å². The van der Waals surface area contributed by atoms with Crippen LogP contribution >= 0.6 is 0 Å². The minimum absolute atomic E-state index is 0.0569. The largest absolute Gasteiger partial charge is 0.481 e. The van der Waals surface area contributed by atoms with Gasteiger partial charge in [0.2, 0.25) is 11.8 Å². The van der Waals surface area contributed by atoms with Crippen LogP contribution in [0.4, 0.5) is 5.69 Å². The molecule has 0 aliphatic carbocycles. The Labute approximate surface area is 234 Å². The van der Waals surface area contributed by atoms with E-state index in [1.807, 2.05) is 30.3 Å². The van der Waals surface area contributed by atoms with Crippen molar-refractivity contribution < 1.29 is 34.2 Å². The molecule has 3 rings (SSSR count). The second-order valence-corrected chi connectivity index (χ2v) is 9.09. The molecule has 0 bridgehead atoms. The van der Waals surface area contributed by atoms with Gasteiger partial charge in [0, 0.05) is 24.9 Å². The van der Waals surface area contributed by atoms with E-state index in [1.54, 1.807) is 12.1 Å². The predicted octanol–water partition coefficient (Wildman–Crippen LogP) is 0.636. The number of nitrogens with one attached hydrogen (secondary N) is 3. The van der Waals surface area contributed by atoms with E-state index >= 15 is 0 Å². The first kappa shape index (κ1) is 30.1. The fourth-order valence-corrected chi connectivity index (χ4v) is 3.95. The smallest absolute Gasteiger partial charge is 0.326 e. The summed E-state index contributed by atoms with van der Waals surface area (Å²) in [5.41, 5.74) is 12.0. The zero-order valence-corrected chi connectivity index (χ0v) is 21.9. The number of carboxylic acids is 2. The molecule has 2 atom stereocenters. The van der Waals surface area contributed by atoms with Gasteiger partial charge in [0.1, 0.15) is 12.1 Å². The summed E-state index contributed by atoms with van der Waals surface area (Å²) in [6, 6.07) is 16.0. The van der Waals surface area contributed by atoms with Crippen molar-refractivity contribution in [3.8, 4) is 0 Å². The molecule has 0 unspecified atom stereocenters. The molecular formula is C28H30N6O7. The number of aliphatic imine (C=N–C) groups is 1. The van der Waals surface area contributed by atoms with Gasteiger partial charge in [-0.15, -0.1) is 0 Å². The quantitative estimate of drug-likeness (QED) is 0.114. The highest BCUT2D eigenvalue weighted by atomic mass is 16.4. The highest BCUT2D eigenvalue weighted by molar-refractivity contribution is 5.95. The maximum Gasteiger partial charge on any atom is 0.326 e. The van der Waals surface area contributed by atoms with E-state index in [0.717, 1.165) is 10.8 Å². The number of nitrogens with zero attached hydrogens (tertiary/aromatic N) is 1. The van der Waals surface area contributed by atoms with Crippen molar-refractivity contribution in [3.05, 3.63) is 77.9 Å². The lowest BCUT2D eigenvalue weighted by Crippen LogP contribution is -2.53. The molecule has 0 aliphatic rings. The third-order valence-corrected chi connectivity index (χ3v) is 5.92. The number of hydrogen-bond donors (Lipinski definition) is 7. The first-order valence-electron chi connectivity index (χ1n) is 12.5. The molecular weight excluding hydrogens is 532 g/mol. The highest BCUT2D eigenvalue weighted by Gasteiger charge is 2.28. The van der Waals surface area contributed by atoms with Crippen molar-refractivity contribution in [2.24, 2.45) is 16.5 Å². The fourth-order valence-electron chi connectivity index (χ4n) is 3.95. The van der Waals surface area contributed by atoms with Crippen molar-refractivity contribution in [1.29, 1.82) is 0 Å². The molecule has 13 heteroatoms. The molecule has 0 spiro atoms. The third-order valence-electron chi connectivity index (χ3n) is 5.92. The zero-order chi connectivity index (χ0) is 29.9. The van der Waals surface area contributed by atoms with Crippen molar-refractivity contribution >= 4 is 52.1 Å². The average Bonchev–Trinajstić information content (AvgIpc) is 2.92. The SMILES string of the molecule is NC(N)=Nc1ccc(C(=O)NCCC(=O)N[C@@H](CC(=O)O)C(=O)N[C@H](Cc2ccc3ccccc3c2)C(=O)O)cc1. The number of aliphatic carboxylic acids is 2. The Morgan fingerprint density at radius 3 is 2.15 bits per heavy atom. The average molecular weight is 563 g/mol. The molecule has 0 heterocycles. The van der Waals surface area contributed by atoms with Crippen molar-refractivity contribution in [2.45, 2.75) is 31.3 Å². The number of fused-ring (bicyclic) bond motifs is 1. The number of carbonyl (C=O) groups excluding carboxylic acids is 3. The van der Waals surface area contributed by atoms with Gasteiger partial charge in [-0.2, -0.15) is 0 Å². The third kappa shape index (κ3) is 9.35. The zero-order valence-electron chi connectivity index (χ0n) is 21.9. The number of benzene rings is 3. The summed E-state index contributed by atoms with van der Waals surface area (Å²) in [7, 11) is 0. The van der Waals surface area contributed by atoms with Gasteiger partial charge in [0.15, 0.2) is 5.96 Å². The molecule has 3 amide bonds. The molecule has 0 saturated heterocycles. The highest BCUT2D eigenvalue weighted by Crippen LogP contribution is 2.17. The Morgan fingerprint density at radius 1 is 0.829 bits per heavy atom. The standard InChI is InChI=1S/C28H30N6O7/c29-28(30)32-20-9-7-18(8-10-20)25(38)31-12-11-23(35)33-21(15-24(36)37)26(39)34-22(27(40)41)14-16-5-6-17-3-1-2-4-19(17)13-16/h1-10,13,21-22H,11-12,14-15H2,(H,31,38)(H,33,35)(H,34,39)(H,36,37)(H,40,41)(H4,29,30,32)/t21-,22+/m0/s1. The second-order valence-electron chi connectivity index (χ2n) is 9.09. The summed E-state index contributed by atoms with van der Waals surface area (Å²) in [6.45, 7) is -0.110. The van der Waals surface area contributed by atoms with Crippen LogP contribution in [0.1, 0.15) is 28.8 Å². The lowest BCUT2D eigenvalue weighted by atomic mass is 10.0. The lowest BCUT2D eigenvalue weighted by Gasteiger charge is -2.21. The van der Waals surface area contributed by atoms with Crippen LogP contribution in [0.3, 0.4) is 0 Å². The van der Waals surface area contributed by atoms with E-state index < -0.39 is 48.2 Å². The summed E-state index contributed by atoms with van der Waals surface area (Å²) in [5.74, 6) is -4.97. The molecule has 0 aromatic heterocycles. The van der Waals surface area contributed by atoms with Crippen LogP contribution in [0.5, 0.6) is 0 Å². The number of carboxylic acid groups (broad SMARTS) is 2. The lowest BCUT2D eigenvalue weighted by molar-refractivity contribution is -0.143. The van der Waals surface area contributed by atoms with Crippen LogP contribution in [-0.2, 0) is 25.6 Å². The van der Waals surface area contributed by atoms with E-state index in [9.17, 15) is 34.2 Å². The summed E-state index contributed by atoms with van der Waals surface area (Å²) in [5, 5.41) is 28.0. The molecule has 3 aromatic carbocycles. The van der Waals surface area contributed by atoms with Gasteiger partial charge < -0.3 is 37.6 Å². The Hall–Kier alpha value is -5.46. The van der Waals surface area contributed by atoms with Crippen LogP contribution in [0, 0.1) is 0 Å². The molecule has 41 heavy (non-hydrogen) atoms. The Bertz CT molecular complexity index is 1470. The summed E-state index contributed by atoms with van der Waals surface area (Å²) >= 11 is 0. The number of guanidine groups is 1. The van der Waals surface area contributed by atoms with Crippen molar-refractivity contribution in [1.82, 2.24) is 16.0 Å². The Kier molecular flexibility index (Phi) is 10.3. The minimum atomic E-state index is -1.53. The van der Waals surface area contributed by atoms with Crippen LogP contribution in [-0.4, -0.2) is 64.5 Å². The first-order chi connectivity index (χ1) is 19.5. The van der Waals surface area contributed by atoms with Crippen LogP contribution < -0.4 is 27.4 Å². The van der Waals surface area contributed by atoms with Crippen molar-refractivity contribution in [2.75, 3.05) is 6.54 Å². The molecule has 0 saturated carbocycles. The van der Waals surface area contributed by atoms with Crippen LogP contribution in [0.15, 0.2) is 71.7 Å². The van der Waals surface area contributed by atoms with Gasteiger partial charge >= 0.3 is 11.9 Å². The fraction of sp³-hybridized carbons (Fsp3) is 0.214. The van der Waals surface area contributed by atoms with E-state index in [1.165, 1.54) is 24.3 Å². The monoisotopic (exact) mass is 562 g/mol. The van der Waals surface area contributed by atoms with E-state index in [2.05, 4.69) is 20.9 Å². The normalized spacial score (nSPS) is 12.0. The summed E-state index contributed by atoms with van der Waals surface area (Å²) in [6.07, 6.45) is -1.09. The van der Waals surface area contributed by atoms with E-state index in [-0.39, 0.29) is 30.9 Å². The number of hydrogen-bond acceptors (Lipinski definition) is 6.